The molecule has 80 valence electrons. The van der Waals surface area contributed by atoms with Crippen molar-refractivity contribution in [3.8, 4) is 0 Å². The second-order valence-electron chi connectivity index (χ2n) is 3.32. The Kier molecular flexibility index (Phi) is 4.06. The number of amidine groups is 1. The number of carbonyl (C=O) groups is 1. The molecule has 14 heavy (non-hydrogen) atoms. The van der Waals surface area contributed by atoms with E-state index in [9.17, 15) is 4.79 Å². The predicted molar refractivity (Wildman–Crippen MR) is 56.4 cm³/mol. The van der Waals surface area contributed by atoms with Crippen LogP contribution in [0.15, 0.2) is 5.16 Å². The van der Waals surface area contributed by atoms with Crippen LogP contribution in [0.4, 0.5) is 0 Å². The van der Waals surface area contributed by atoms with Gasteiger partial charge in [0, 0.05) is 11.8 Å². The quantitative estimate of drug-likeness (QED) is 0.268. The van der Waals surface area contributed by atoms with E-state index in [1.807, 2.05) is 11.8 Å². The Morgan fingerprint density at radius 1 is 1.79 bits per heavy atom. The van der Waals surface area contributed by atoms with Crippen molar-refractivity contribution >= 4 is 23.5 Å². The fourth-order valence-corrected chi connectivity index (χ4v) is 2.35. The highest BCUT2D eigenvalue weighted by atomic mass is 32.2. The lowest BCUT2D eigenvalue weighted by atomic mass is 10.1. The maximum atomic E-state index is 11.5. The first-order valence-corrected chi connectivity index (χ1v) is 5.66. The molecule has 1 saturated heterocycles. The lowest BCUT2D eigenvalue weighted by molar-refractivity contribution is -0.123. The van der Waals surface area contributed by atoms with E-state index in [2.05, 4.69) is 10.5 Å². The number of thioether (sulfide) groups is 1. The maximum absolute atomic E-state index is 11.5. The van der Waals surface area contributed by atoms with Gasteiger partial charge >= 0.3 is 0 Å². The SMILES string of the molecule is CC(C(=O)NC1CCSC1)C(N)=NO. The molecule has 0 aromatic heterocycles. The van der Waals surface area contributed by atoms with Gasteiger partial charge in [0.25, 0.3) is 0 Å². The third kappa shape index (κ3) is 2.80. The molecular formula is C8H15N3O2S. The second-order valence-corrected chi connectivity index (χ2v) is 4.47. The summed E-state index contributed by atoms with van der Waals surface area (Å²) in [5.41, 5.74) is 5.33. The Bertz CT molecular complexity index is 239. The first kappa shape index (κ1) is 11.2. The van der Waals surface area contributed by atoms with Crippen molar-refractivity contribution in [1.29, 1.82) is 0 Å². The Hall–Kier alpha value is -0.910. The first-order valence-electron chi connectivity index (χ1n) is 4.50. The molecule has 0 aromatic carbocycles. The Morgan fingerprint density at radius 2 is 2.50 bits per heavy atom. The summed E-state index contributed by atoms with van der Waals surface area (Å²) in [6.45, 7) is 1.62. The zero-order valence-corrected chi connectivity index (χ0v) is 8.88. The van der Waals surface area contributed by atoms with Crippen LogP contribution < -0.4 is 11.1 Å². The number of hydrogen-bond acceptors (Lipinski definition) is 4. The van der Waals surface area contributed by atoms with Crippen molar-refractivity contribution in [2.45, 2.75) is 19.4 Å². The predicted octanol–water partition coefficient (Wildman–Crippen LogP) is -0.00940. The number of rotatable bonds is 3. The molecule has 0 aliphatic carbocycles. The Labute approximate surface area is 87.1 Å². The van der Waals surface area contributed by atoms with Gasteiger partial charge in [0.2, 0.25) is 5.91 Å². The maximum Gasteiger partial charge on any atom is 0.230 e. The normalized spacial score (nSPS) is 24.6. The van der Waals surface area contributed by atoms with Crippen molar-refractivity contribution in [2.24, 2.45) is 16.8 Å². The van der Waals surface area contributed by atoms with Crippen LogP contribution in [-0.2, 0) is 4.79 Å². The third-order valence-corrected chi connectivity index (χ3v) is 3.39. The summed E-state index contributed by atoms with van der Waals surface area (Å²) in [5.74, 6) is 1.25. The molecule has 0 spiro atoms. The average molecular weight is 217 g/mol. The molecule has 1 heterocycles. The molecule has 1 aliphatic rings. The summed E-state index contributed by atoms with van der Waals surface area (Å²) < 4.78 is 0. The van der Waals surface area contributed by atoms with Crippen LogP contribution in [0.5, 0.6) is 0 Å². The van der Waals surface area contributed by atoms with Gasteiger partial charge < -0.3 is 16.3 Å². The molecule has 0 saturated carbocycles. The molecule has 0 radical (unpaired) electrons. The summed E-state index contributed by atoms with van der Waals surface area (Å²) in [7, 11) is 0. The van der Waals surface area contributed by atoms with E-state index >= 15 is 0 Å². The van der Waals surface area contributed by atoms with E-state index in [0.717, 1.165) is 17.9 Å². The van der Waals surface area contributed by atoms with Crippen molar-refractivity contribution in [2.75, 3.05) is 11.5 Å². The molecule has 5 nitrogen and oxygen atoms in total. The molecule has 2 atom stereocenters. The minimum Gasteiger partial charge on any atom is -0.409 e. The number of nitrogens with two attached hydrogens (primary N) is 1. The van der Waals surface area contributed by atoms with E-state index in [1.165, 1.54) is 0 Å². The molecule has 2 unspecified atom stereocenters. The highest BCUT2D eigenvalue weighted by Gasteiger charge is 2.22. The minimum absolute atomic E-state index is 0.0480. The van der Waals surface area contributed by atoms with Crippen molar-refractivity contribution in [3.63, 3.8) is 0 Å². The number of hydrogen-bond donors (Lipinski definition) is 3. The van der Waals surface area contributed by atoms with Gasteiger partial charge in [-0.3, -0.25) is 4.79 Å². The van der Waals surface area contributed by atoms with Crippen molar-refractivity contribution in [3.05, 3.63) is 0 Å². The van der Waals surface area contributed by atoms with E-state index in [-0.39, 0.29) is 17.8 Å². The summed E-state index contributed by atoms with van der Waals surface area (Å²) in [5, 5.41) is 14.1. The summed E-state index contributed by atoms with van der Waals surface area (Å²) in [4.78, 5) is 11.5. The lowest BCUT2D eigenvalue weighted by Gasteiger charge is -2.14. The average Bonchev–Trinajstić information content (AvgIpc) is 2.68. The molecule has 0 bridgehead atoms. The Morgan fingerprint density at radius 3 is 3.00 bits per heavy atom. The zero-order valence-electron chi connectivity index (χ0n) is 8.06. The molecule has 6 heteroatoms. The molecular weight excluding hydrogens is 202 g/mol. The molecule has 0 aromatic rings. The fourth-order valence-electron chi connectivity index (χ4n) is 1.20. The lowest BCUT2D eigenvalue weighted by Crippen LogP contribution is -2.42. The van der Waals surface area contributed by atoms with E-state index in [4.69, 9.17) is 10.9 Å². The number of carbonyl (C=O) groups excluding carboxylic acids is 1. The summed E-state index contributed by atoms with van der Waals surface area (Å²) >= 11 is 1.82. The molecule has 1 rings (SSSR count). The van der Waals surface area contributed by atoms with Gasteiger partial charge in [-0.15, -0.1) is 0 Å². The number of nitrogens with one attached hydrogen (secondary N) is 1. The van der Waals surface area contributed by atoms with Crippen LogP contribution in [0, 0.1) is 5.92 Å². The zero-order chi connectivity index (χ0) is 10.6. The second kappa shape index (κ2) is 5.09. The molecule has 1 amide bonds. The van der Waals surface area contributed by atoms with E-state index in [1.54, 1.807) is 6.92 Å². The molecule has 1 fully saturated rings. The van der Waals surface area contributed by atoms with Crippen LogP contribution in [0.25, 0.3) is 0 Å². The van der Waals surface area contributed by atoms with Crippen LogP contribution in [0.1, 0.15) is 13.3 Å². The van der Waals surface area contributed by atoms with Crippen LogP contribution in [0.2, 0.25) is 0 Å². The van der Waals surface area contributed by atoms with Crippen molar-refractivity contribution in [1.82, 2.24) is 5.32 Å². The van der Waals surface area contributed by atoms with E-state index < -0.39 is 5.92 Å². The third-order valence-electron chi connectivity index (χ3n) is 2.23. The smallest absolute Gasteiger partial charge is 0.230 e. The highest BCUT2D eigenvalue weighted by molar-refractivity contribution is 7.99. The first-order chi connectivity index (χ1) is 6.65. The largest absolute Gasteiger partial charge is 0.409 e. The number of oxime groups is 1. The molecule has 4 N–H and O–H groups in total. The van der Waals surface area contributed by atoms with Gasteiger partial charge in [0.1, 0.15) is 0 Å². The van der Waals surface area contributed by atoms with Gasteiger partial charge in [0.05, 0.1) is 5.92 Å². The van der Waals surface area contributed by atoms with Crippen LogP contribution in [-0.4, -0.2) is 34.5 Å². The van der Waals surface area contributed by atoms with Gasteiger partial charge in [-0.1, -0.05) is 5.16 Å². The van der Waals surface area contributed by atoms with Gasteiger partial charge in [-0.2, -0.15) is 11.8 Å². The van der Waals surface area contributed by atoms with E-state index in [0.29, 0.717) is 0 Å². The number of nitrogens with zero attached hydrogens (tertiary/aromatic N) is 1. The standard InChI is InChI=1S/C8H15N3O2S/c1-5(7(9)11-13)8(12)10-6-2-3-14-4-6/h5-6,13H,2-4H2,1H3,(H2,9,11)(H,10,12). The highest BCUT2D eigenvalue weighted by Crippen LogP contribution is 2.17. The summed E-state index contributed by atoms with van der Waals surface area (Å²) in [6, 6.07) is 0.237. The minimum atomic E-state index is -0.564. The van der Waals surface area contributed by atoms with Crippen molar-refractivity contribution < 1.29 is 10.0 Å². The van der Waals surface area contributed by atoms with Gasteiger partial charge in [-0.05, 0) is 19.1 Å². The van der Waals surface area contributed by atoms with Crippen LogP contribution >= 0.6 is 11.8 Å². The monoisotopic (exact) mass is 217 g/mol. The van der Waals surface area contributed by atoms with Crippen LogP contribution in [0.3, 0.4) is 0 Å². The fraction of sp³-hybridized carbons (Fsp3) is 0.750. The Balaban J connectivity index is 2.40. The topological polar surface area (TPSA) is 87.7 Å². The van der Waals surface area contributed by atoms with Gasteiger partial charge in [-0.25, -0.2) is 0 Å². The van der Waals surface area contributed by atoms with Gasteiger partial charge in [0.15, 0.2) is 5.84 Å². The number of amides is 1. The molecule has 1 aliphatic heterocycles. The summed E-state index contributed by atoms with van der Waals surface area (Å²) in [6.07, 6.45) is 0.999.